The molecule has 2 saturated heterocycles. The van der Waals surface area contributed by atoms with Crippen molar-refractivity contribution < 1.29 is 9.53 Å². The van der Waals surface area contributed by atoms with E-state index < -0.39 is 0 Å². The quantitative estimate of drug-likeness (QED) is 0.455. The molecule has 2 fully saturated rings. The van der Waals surface area contributed by atoms with Crippen LogP contribution >= 0.6 is 0 Å². The van der Waals surface area contributed by atoms with Gasteiger partial charge in [0, 0.05) is 50.9 Å². The van der Waals surface area contributed by atoms with Gasteiger partial charge in [0.25, 0.3) is 0 Å². The number of carbonyl (C=O) groups is 1. The molecule has 0 aliphatic carbocycles. The molecule has 5 N–H and O–H groups in total. The van der Waals surface area contributed by atoms with Gasteiger partial charge in [0.2, 0.25) is 0 Å². The first-order valence-corrected chi connectivity index (χ1v) is 10.3. The number of likely N-dealkylation sites (tertiary alicyclic amines) is 1. The highest BCUT2D eigenvalue weighted by Gasteiger charge is 2.47. The van der Waals surface area contributed by atoms with Crippen molar-refractivity contribution in [2.24, 2.45) is 0 Å². The third-order valence-electron chi connectivity index (χ3n) is 5.97. The zero-order valence-electron chi connectivity index (χ0n) is 17.1. The van der Waals surface area contributed by atoms with Crippen LogP contribution in [-0.4, -0.2) is 59.6 Å². The van der Waals surface area contributed by atoms with Crippen LogP contribution in [0, 0.1) is 0 Å². The molecule has 0 aromatic carbocycles. The molecule has 3 aliphatic heterocycles. The molecule has 9 heteroatoms. The largest absolute Gasteiger partial charge is 0.381 e. The van der Waals surface area contributed by atoms with E-state index in [4.69, 9.17) is 4.74 Å². The average molecular weight is 402 g/mol. The van der Waals surface area contributed by atoms with E-state index in [1.807, 2.05) is 17.0 Å². The Bertz CT molecular complexity index is 734. The third-order valence-corrected chi connectivity index (χ3v) is 5.97. The molecule has 2 amide bonds. The van der Waals surface area contributed by atoms with Gasteiger partial charge in [0.15, 0.2) is 0 Å². The highest BCUT2D eigenvalue weighted by Crippen LogP contribution is 2.35. The SMILES string of the molecule is CC1(C)C2=CNC(NC3CCOCC3)NC2CN1C(=O)NNCc1cccnc1. The number of aromatic nitrogens is 1. The van der Waals surface area contributed by atoms with E-state index in [1.165, 1.54) is 5.57 Å². The van der Waals surface area contributed by atoms with Crippen LogP contribution in [0.4, 0.5) is 4.79 Å². The monoisotopic (exact) mass is 401 g/mol. The number of pyridine rings is 1. The summed E-state index contributed by atoms with van der Waals surface area (Å²) in [7, 11) is 0. The lowest BCUT2D eigenvalue weighted by molar-refractivity contribution is 0.0715. The van der Waals surface area contributed by atoms with Crippen molar-refractivity contribution >= 4 is 6.03 Å². The van der Waals surface area contributed by atoms with E-state index in [2.05, 4.69) is 51.8 Å². The predicted molar refractivity (Wildman–Crippen MR) is 109 cm³/mol. The number of urea groups is 1. The van der Waals surface area contributed by atoms with Gasteiger partial charge in [-0.1, -0.05) is 6.07 Å². The first-order chi connectivity index (χ1) is 14.0. The van der Waals surface area contributed by atoms with E-state index in [0.717, 1.165) is 31.6 Å². The van der Waals surface area contributed by atoms with Crippen LogP contribution in [0.2, 0.25) is 0 Å². The fourth-order valence-electron chi connectivity index (χ4n) is 4.26. The van der Waals surface area contributed by atoms with Crippen LogP contribution in [-0.2, 0) is 11.3 Å². The Hall–Kier alpha value is -2.20. The topological polar surface area (TPSA) is 103 Å². The summed E-state index contributed by atoms with van der Waals surface area (Å²) in [5.74, 6) is 0. The second-order valence-electron chi connectivity index (χ2n) is 8.29. The maximum atomic E-state index is 12.8. The lowest BCUT2D eigenvalue weighted by Gasteiger charge is -2.36. The van der Waals surface area contributed by atoms with Crippen molar-refractivity contribution in [1.82, 2.24) is 36.7 Å². The molecule has 2 atom stereocenters. The molecule has 2 unspecified atom stereocenters. The number of fused-ring (bicyclic) bond motifs is 1. The number of ether oxygens (including phenoxy) is 1. The number of carbonyl (C=O) groups excluding carboxylic acids is 1. The number of rotatable bonds is 5. The Morgan fingerprint density at radius 1 is 1.38 bits per heavy atom. The molecule has 9 nitrogen and oxygen atoms in total. The van der Waals surface area contributed by atoms with E-state index in [-0.39, 0.29) is 23.9 Å². The second kappa shape index (κ2) is 8.66. The number of hydrogen-bond acceptors (Lipinski definition) is 7. The fourth-order valence-corrected chi connectivity index (χ4v) is 4.26. The van der Waals surface area contributed by atoms with E-state index >= 15 is 0 Å². The Morgan fingerprint density at radius 2 is 2.21 bits per heavy atom. The predicted octanol–water partition coefficient (Wildman–Crippen LogP) is 0.388. The standard InChI is InChI=1S/C20H31N7O2/c1-20(2)16-12-22-18(24-15-5-8-29-9-6-15)25-17(16)13-27(20)19(28)26-23-11-14-4-3-7-21-10-14/h3-4,7,10,12,15,17-18,22-25H,5-6,8-9,11,13H2,1-2H3,(H,26,28). The summed E-state index contributed by atoms with van der Waals surface area (Å²) >= 11 is 0. The molecule has 4 rings (SSSR count). The van der Waals surface area contributed by atoms with Gasteiger partial charge in [0.1, 0.15) is 6.29 Å². The van der Waals surface area contributed by atoms with Crippen LogP contribution in [0.5, 0.6) is 0 Å². The van der Waals surface area contributed by atoms with Crippen molar-refractivity contribution in [2.45, 2.75) is 57.1 Å². The van der Waals surface area contributed by atoms with Crippen molar-refractivity contribution in [3.63, 3.8) is 0 Å². The molecule has 4 heterocycles. The summed E-state index contributed by atoms with van der Waals surface area (Å²) < 4.78 is 5.43. The normalized spacial score (nSPS) is 26.4. The Kier molecular flexibility index (Phi) is 6.00. The zero-order chi connectivity index (χ0) is 20.3. The molecule has 0 radical (unpaired) electrons. The van der Waals surface area contributed by atoms with Gasteiger partial charge >= 0.3 is 6.03 Å². The molecular formula is C20H31N7O2. The van der Waals surface area contributed by atoms with E-state index in [1.54, 1.807) is 12.4 Å². The van der Waals surface area contributed by atoms with Gasteiger partial charge in [-0.2, -0.15) is 0 Å². The summed E-state index contributed by atoms with van der Waals surface area (Å²) in [6.07, 6.45) is 7.60. The minimum absolute atomic E-state index is 0.00522. The summed E-state index contributed by atoms with van der Waals surface area (Å²) in [6, 6.07) is 4.27. The minimum atomic E-state index is -0.381. The highest BCUT2D eigenvalue weighted by atomic mass is 16.5. The minimum Gasteiger partial charge on any atom is -0.381 e. The Balaban J connectivity index is 1.32. The van der Waals surface area contributed by atoms with Crippen LogP contribution in [0.25, 0.3) is 0 Å². The molecule has 0 spiro atoms. The van der Waals surface area contributed by atoms with E-state index in [9.17, 15) is 4.79 Å². The maximum Gasteiger partial charge on any atom is 0.332 e. The van der Waals surface area contributed by atoms with E-state index in [0.29, 0.717) is 19.1 Å². The van der Waals surface area contributed by atoms with Crippen molar-refractivity contribution in [3.8, 4) is 0 Å². The Labute approximate surface area is 171 Å². The van der Waals surface area contributed by atoms with Crippen LogP contribution in [0.1, 0.15) is 32.3 Å². The first-order valence-electron chi connectivity index (χ1n) is 10.3. The van der Waals surface area contributed by atoms with Crippen molar-refractivity contribution in [2.75, 3.05) is 19.8 Å². The van der Waals surface area contributed by atoms with Gasteiger partial charge in [-0.25, -0.2) is 10.2 Å². The van der Waals surface area contributed by atoms with Crippen LogP contribution in [0.3, 0.4) is 0 Å². The first kappa shape index (κ1) is 20.1. The van der Waals surface area contributed by atoms with Crippen LogP contribution in [0.15, 0.2) is 36.3 Å². The van der Waals surface area contributed by atoms with Crippen molar-refractivity contribution in [3.05, 3.63) is 41.9 Å². The van der Waals surface area contributed by atoms with Gasteiger partial charge < -0.3 is 15.0 Å². The number of nitrogens with zero attached hydrogens (tertiary/aromatic N) is 2. The molecule has 1 aromatic heterocycles. The lowest BCUT2D eigenvalue weighted by Crippen LogP contribution is -2.61. The lowest BCUT2D eigenvalue weighted by atomic mass is 9.92. The number of hydrazine groups is 1. The van der Waals surface area contributed by atoms with Gasteiger partial charge in [0.05, 0.1) is 11.6 Å². The van der Waals surface area contributed by atoms with Crippen LogP contribution < -0.4 is 26.8 Å². The van der Waals surface area contributed by atoms with Gasteiger partial charge in [-0.15, -0.1) is 0 Å². The summed E-state index contributed by atoms with van der Waals surface area (Å²) in [6.45, 7) is 6.91. The second-order valence-corrected chi connectivity index (χ2v) is 8.29. The summed E-state index contributed by atoms with van der Waals surface area (Å²) in [4.78, 5) is 18.8. The third kappa shape index (κ3) is 4.53. The average Bonchev–Trinajstić information content (AvgIpc) is 3.00. The molecule has 3 aliphatic rings. The number of hydrogen-bond donors (Lipinski definition) is 5. The summed E-state index contributed by atoms with van der Waals surface area (Å²) in [5.41, 5.74) is 7.64. The molecule has 158 valence electrons. The molecule has 0 saturated carbocycles. The smallest absolute Gasteiger partial charge is 0.332 e. The zero-order valence-corrected chi connectivity index (χ0v) is 17.1. The van der Waals surface area contributed by atoms with Gasteiger partial charge in [-0.05, 0) is 43.9 Å². The number of amides is 2. The molecule has 0 bridgehead atoms. The number of nitrogens with one attached hydrogen (secondary N) is 5. The molecule has 29 heavy (non-hydrogen) atoms. The Morgan fingerprint density at radius 3 is 2.97 bits per heavy atom. The highest BCUT2D eigenvalue weighted by molar-refractivity contribution is 5.76. The maximum absolute atomic E-state index is 12.8. The molecular weight excluding hydrogens is 370 g/mol. The van der Waals surface area contributed by atoms with Gasteiger partial charge in [-0.3, -0.25) is 21.0 Å². The van der Waals surface area contributed by atoms with Crippen molar-refractivity contribution in [1.29, 1.82) is 0 Å². The fraction of sp³-hybridized carbons (Fsp3) is 0.600. The molecule has 1 aromatic rings. The summed E-state index contributed by atoms with van der Waals surface area (Å²) in [5, 5.41) is 10.6.